The van der Waals surface area contributed by atoms with Crippen LogP contribution in [0.3, 0.4) is 0 Å². The molecule has 2 aromatic rings. The van der Waals surface area contributed by atoms with E-state index in [2.05, 4.69) is 38.6 Å². The zero-order chi connectivity index (χ0) is 15.4. The van der Waals surface area contributed by atoms with Crippen molar-refractivity contribution in [2.75, 3.05) is 12.3 Å². The van der Waals surface area contributed by atoms with Crippen LogP contribution in [0.25, 0.3) is 11.2 Å². The Labute approximate surface area is 130 Å². The van der Waals surface area contributed by atoms with Gasteiger partial charge in [0.15, 0.2) is 17.0 Å². The molecule has 0 saturated heterocycles. The van der Waals surface area contributed by atoms with Crippen molar-refractivity contribution in [3.05, 3.63) is 18.5 Å². The third-order valence-corrected chi connectivity index (χ3v) is 3.99. The minimum atomic E-state index is 0.293. The Morgan fingerprint density at radius 2 is 2.27 bits per heavy atom. The van der Waals surface area contributed by atoms with E-state index < -0.39 is 0 Å². The number of nitrogens with two attached hydrogens (primary N) is 1. The molecule has 1 aliphatic rings. The summed E-state index contributed by atoms with van der Waals surface area (Å²) in [7, 11) is 0. The molecule has 0 fully saturated rings. The van der Waals surface area contributed by atoms with Gasteiger partial charge in [0.2, 0.25) is 0 Å². The van der Waals surface area contributed by atoms with Crippen LogP contribution in [0.2, 0.25) is 0 Å². The lowest BCUT2D eigenvalue weighted by molar-refractivity contribution is 0.284. The molecule has 6 heteroatoms. The highest BCUT2D eigenvalue weighted by Crippen LogP contribution is 2.27. The molecular formula is C16H23N5O. The first kappa shape index (κ1) is 14.8. The van der Waals surface area contributed by atoms with Crippen molar-refractivity contribution in [2.45, 2.75) is 51.5 Å². The third-order valence-electron chi connectivity index (χ3n) is 3.99. The number of fused-ring (bicyclic) bond motifs is 1. The Morgan fingerprint density at radius 1 is 1.36 bits per heavy atom. The Kier molecular flexibility index (Phi) is 4.56. The van der Waals surface area contributed by atoms with E-state index in [9.17, 15) is 0 Å². The van der Waals surface area contributed by atoms with Crippen LogP contribution in [0.4, 0.5) is 5.82 Å². The maximum absolute atomic E-state index is 6.01. The molecule has 1 atom stereocenters. The number of ether oxygens (including phenoxy) is 1. The second-order valence-corrected chi connectivity index (χ2v) is 5.70. The van der Waals surface area contributed by atoms with Crippen LogP contribution in [0.5, 0.6) is 6.01 Å². The molecule has 0 amide bonds. The quantitative estimate of drug-likeness (QED) is 0.654. The fraction of sp³-hybridized carbons (Fsp3) is 0.562. The maximum atomic E-state index is 6.01. The molecular weight excluding hydrogens is 278 g/mol. The van der Waals surface area contributed by atoms with Gasteiger partial charge < -0.3 is 15.0 Å². The number of rotatable bonds is 6. The molecule has 2 aromatic heterocycles. The third kappa shape index (κ3) is 3.05. The lowest BCUT2D eigenvalue weighted by atomic mass is 10.0. The highest BCUT2D eigenvalue weighted by atomic mass is 16.5. The van der Waals surface area contributed by atoms with Crippen LogP contribution >= 0.6 is 0 Å². The number of nitrogens with zero attached hydrogens (tertiary/aromatic N) is 4. The zero-order valence-electron chi connectivity index (χ0n) is 13.0. The molecule has 3 rings (SSSR count). The molecule has 1 unspecified atom stereocenters. The van der Waals surface area contributed by atoms with Gasteiger partial charge in [-0.2, -0.15) is 9.97 Å². The normalized spacial score (nSPS) is 18.0. The Morgan fingerprint density at radius 3 is 3.05 bits per heavy atom. The molecule has 0 bridgehead atoms. The lowest BCUT2D eigenvalue weighted by Crippen LogP contribution is -2.10. The van der Waals surface area contributed by atoms with E-state index >= 15 is 0 Å². The Bertz CT molecular complexity index is 664. The second kappa shape index (κ2) is 6.77. The molecule has 0 radical (unpaired) electrons. The fourth-order valence-electron chi connectivity index (χ4n) is 2.77. The minimum absolute atomic E-state index is 0.293. The topological polar surface area (TPSA) is 78.9 Å². The number of anilines is 1. The van der Waals surface area contributed by atoms with Crippen molar-refractivity contribution in [1.82, 2.24) is 19.5 Å². The first-order valence-electron chi connectivity index (χ1n) is 8.09. The molecule has 0 aliphatic heterocycles. The van der Waals surface area contributed by atoms with Crippen molar-refractivity contribution in [1.29, 1.82) is 0 Å². The van der Waals surface area contributed by atoms with E-state index in [0.29, 0.717) is 30.0 Å². The van der Waals surface area contributed by atoms with Crippen molar-refractivity contribution in [3.63, 3.8) is 0 Å². The van der Waals surface area contributed by atoms with Crippen molar-refractivity contribution < 1.29 is 4.74 Å². The summed E-state index contributed by atoms with van der Waals surface area (Å²) in [6.07, 6.45) is 13.0. The smallest absolute Gasteiger partial charge is 0.320 e. The predicted octanol–water partition coefficient (Wildman–Crippen LogP) is 3.26. The van der Waals surface area contributed by atoms with Crippen LogP contribution in [0, 0.1) is 0 Å². The van der Waals surface area contributed by atoms with E-state index in [1.807, 2.05) is 0 Å². The van der Waals surface area contributed by atoms with Crippen molar-refractivity contribution in [3.8, 4) is 6.01 Å². The van der Waals surface area contributed by atoms with Crippen LogP contribution in [-0.4, -0.2) is 26.1 Å². The van der Waals surface area contributed by atoms with Crippen molar-refractivity contribution >= 4 is 17.0 Å². The summed E-state index contributed by atoms with van der Waals surface area (Å²) >= 11 is 0. The first-order chi connectivity index (χ1) is 10.8. The summed E-state index contributed by atoms with van der Waals surface area (Å²) in [5.74, 6) is 0.383. The molecule has 0 saturated carbocycles. The number of imidazole rings is 1. The highest BCUT2D eigenvalue weighted by Gasteiger charge is 2.17. The number of allylic oxidation sites excluding steroid dienone is 2. The molecule has 2 heterocycles. The summed E-state index contributed by atoms with van der Waals surface area (Å²) in [5, 5.41) is 0. The summed E-state index contributed by atoms with van der Waals surface area (Å²) in [5.41, 5.74) is 7.42. The molecule has 1 aliphatic carbocycles. The molecule has 2 N–H and O–H groups in total. The minimum Gasteiger partial charge on any atom is -0.463 e. The van der Waals surface area contributed by atoms with E-state index in [1.54, 1.807) is 6.33 Å². The zero-order valence-corrected chi connectivity index (χ0v) is 13.0. The number of hydrogen-bond donors (Lipinski definition) is 1. The number of nitrogen functional groups attached to an aromatic ring is 1. The van der Waals surface area contributed by atoms with Crippen LogP contribution in [0.1, 0.15) is 51.5 Å². The number of unbranched alkanes of at least 4 members (excludes halogenated alkanes) is 2. The Hall–Kier alpha value is -2.11. The molecule has 0 spiro atoms. The van der Waals surface area contributed by atoms with Crippen LogP contribution < -0.4 is 10.5 Å². The average Bonchev–Trinajstić information content (AvgIpc) is 2.97. The van der Waals surface area contributed by atoms with Gasteiger partial charge in [-0.05, 0) is 25.7 Å². The van der Waals surface area contributed by atoms with Crippen molar-refractivity contribution in [2.24, 2.45) is 0 Å². The van der Waals surface area contributed by atoms with Gasteiger partial charge >= 0.3 is 6.01 Å². The molecule has 22 heavy (non-hydrogen) atoms. The summed E-state index contributed by atoms with van der Waals surface area (Å²) in [6.45, 7) is 2.78. The van der Waals surface area contributed by atoms with E-state index in [4.69, 9.17) is 10.5 Å². The van der Waals surface area contributed by atoms with Crippen LogP contribution in [0.15, 0.2) is 18.5 Å². The monoisotopic (exact) mass is 301 g/mol. The second-order valence-electron chi connectivity index (χ2n) is 5.70. The summed E-state index contributed by atoms with van der Waals surface area (Å²) < 4.78 is 7.72. The maximum Gasteiger partial charge on any atom is 0.320 e. The van der Waals surface area contributed by atoms with Gasteiger partial charge in [-0.15, -0.1) is 0 Å². The van der Waals surface area contributed by atoms with Gasteiger partial charge in [0.05, 0.1) is 19.0 Å². The highest BCUT2D eigenvalue weighted by molar-refractivity contribution is 5.82. The van der Waals surface area contributed by atoms with Gasteiger partial charge in [0.25, 0.3) is 0 Å². The van der Waals surface area contributed by atoms with Gasteiger partial charge in [-0.1, -0.05) is 31.9 Å². The SMILES string of the molecule is CCCCCOc1nc(N)c2ncn(C3C=CCCC3)c2n1. The largest absolute Gasteiger partial charge is 0.463 e. The molecule has 6 nitrogen and oxygen atoms in total. The molecule has 0 aromatic carbocycles. The van der Waals surface area contributed by atoms with Crippen LogP contribution in [-0.2, 0) is 0 Å². The first-order valence-corrected chi connectivity index (χ1v) is 8.09. The summed E-state index contributed by atoms with van der Waals surface area (Å²) in [4.78, 5) is 13.1. The lowest BCUT2D eigenvalue weighted by Gasteiger charge is -2.18. The molecule has 118 valence electrons. The summed E-state index contributed by atoms with van der Waals surface area (Å²) in [6, 6.07) is 0.642. The standard InChI is InChI=1S/C16H23N5O/c1-2-3-7-10-22-16-19-14(17)13-15(20-16)21(11-18-13)12-8-5-4-6-9-12/h5,8,11-12H,2-4,6-7,9-10H2,1H3,(H2,17,19,20). The van der Waals surface area contributed by atoms with Gasteiger partial charge in [0.1, 0.15) is 0 Å². The fourth-order valence-corrected chi connectivity index (χ4v) is 2.77. The average molecular weight is 301 g/mol. The Balaban J connectivity index is 1.86. The number of aromatic nitrogens is 4. The van der Waals surface area contributed by atoms with E-state index in [-0.39, 0.29) is 0 Å². The van der Waals surface area contributed by atoms with Gasteiger partial charge in [-0.25, -0.2) is 4.98 Å². The van der Waals surface area contributed by atoms with Gasteiger partial charge in [0, 0.05) is 0 Å². The number of hydrogen-bond acceptors (Lipinski definition) is 5. The van der Waals surface area contributed by atoms with Gasteiger partial charge in [-0.3, -0.25) is 0 Å². The van der Waals surface area contributed by atoms with E-state index in [1.165, 1.54) is 6.42 Å². The predicted molar refractivity (Wildman–Crippen MR) is 86.8 cm³/mol. The van der Waals surface area contributed by atoms with E-state index in [0.717, 1.165) is 37.8 Å².